The molecule has 1 fully saturated rings. The van der Waals surface area contributed by atoms with E-state index in [-0.39, 0.29) is 65.6 Å². The van der Waals surface area contributed by atoms with Gasteiger partial charge in [0.2, 0.25) is 0 Å². The molecule has 0 spiro atoms. The Hall–Kier alpha value is -4.71. The normalized spacial score (nSPS) is 20.6. The number of benzene rings is 3. The molecule has 2 aliphatic rings. The van der Waals surface area contributed by atoms with Crippen LogP contribution in [-0.4, -0.2) is 45.1 Å². The highest BCUT2D eigenvalue weighted by molar-refractivity contribution is 5.91. The van der Waals surface area contributed by atoms with Crippen LogP contribution in [0.2, 0.25) is 0 Å². The highest BCUT2D eigenvalue weighted by Crippen LogP contribution is 2.39. The molecular weight excluding hydrogens is 592 g/mol. The third kappa shape index (κ3) is 7.23. The SMILES string of the molecule is CC1CCC(C(C)C)C(OCC(=O)C2CNc3ccc(N(Cc4cc([N+](=O)[O-])ccc4O)Cc4cc([N+](=O)[O-])ccc4O)cc32)C1. The van der Waals surface area contributed by atoms with Crippen molar-refractivity contribution in [2.24, 2.45) is 17.8 Å². The van der Waals surface area contributed by atoms with Crippen LogP contribution in [0.1, 0.15) is 62.6 Å². The molecule has 1 aliphatic carbocycles. The van der Waals surface area contributed by atoms with Gasteiger partial charge >= 0.3 is 0 Å². The molecule has 0 radical (unpaired) electrons. The Kier molecular flexibility index (Phi) is 9.76. The average molecular weight is 633 g/mol. The number of non-ortho nitro benzene ring substituents is 2. The fourth-order valence-electron chi connectivity index (χ4n) is 6.68. The van der Waals surface area contributed by atoms with Crippen molar-refractivity contribution in [3.63, 3.8) is 0 Å². The molecule has 1 saturated carbocycles. The summed E-state index contributed by atoms with van der Waals surface area (Å²) in [6, 6.07) is 12.9. The minimum atomic E-state index is -0.559. The molecule has 3 aromatic rings. The van der Waals surface area contributed by atoms with Gasteiger partial charge in [-0.3, -0.25) is 25.0 Å². The number of hydrogen-bond acceptors (Lipinski definition) is 10. The van der Waals surface area contributed by atoms with E-state index in [1.165, 1.54) is 36.4 Å². The maximum Gasteiger partial charge on any atom is 0.270 e. The number of rotatable bonds is 12. The summed E-state index contributed by atoms with van der Waals surface area (Å²) < 4.78 is 6.29. The van der Waals surface area contributed by atoms with Crippen LogP contribution in [0.25, 0.3) is 0 Å². The van der Waals surface area contributed by atoms with Gasteiger partial charge in [0.25, 0.3) is 11.4 Å². The number of nitrogens with zero attached hydrogens (tertiary/aromatic N) is 3. The molecule has 1 heterocycles. The van der Waals surface area contributed by atoms with Crippen molar-refractivity contribution < 1.29 is 29.6 Å². The average Bonchev–Trinajstić information content (AvgIpc) is 3.44. The quantitative estimate of drug-likeness (QED) is 0.145. The van der Waals surface area contributed by atoms with Crippen LogP contribution in [0, 0.1) is 38.0 Å². The lowest BCUT2D eigenvalue weighted by atomic mass is 9.75. The molecule has 0 amide bonds. The van der Waals surface area contributed by atoms with Gasteiger partial charge in [-0.1, -0.05) is 27.2 Å². The molecule has 5 rings (SSSR count). The van der Waals surface area contributed by atoms with Crippen LogP contribution in [0.3, 0.4) is 0 Å². The topological polar surface area (TPSA) is 168 Å². The Morgan fingerprint density at radius 2 is 1.57 bits per heavy atom. The molecule has 12 nitrogen and oxygen atoms in total. The van der Waals surface area contributed by atoms with Gasteiger partial charge in [0.05, 0.1) is 21.9 Å². The predicted octanol–water partition coefficient (Wildman–Crippen LogP) is 6.68. The zero-order valence-electron chi connectivity index (χ0n) is 26.2. The van der Waals surface area contributed by atoms with Crippen molar-refractivity contribution in [1.82, 2.24) is 0 Å². The number of carbonyl (C=O) groups excluding carboxylic acids is 1. The van der Waals surface area contributed by atoms with E-state index in [1.807, 2.05) is 12.1 Å². The number of phenolic OH excluding ortho intramolecular Hbond substituents is 2. The van der Waals surface area contributed by atoms with Gasteiger partial charge < -0.3 is 25.2 Å². The summed E-state index contributed by atoms with van der Waals surface area (Å²) in [4.78, 5) is 37.2. The summed E-state index contributed by atoms with van der Waals surface area (Å²) in [6.45, 7) is 6.98. The van der Waals surface area contributed by atoms with Crippen LogP contribution in [0.4, 0.5) is 22.7 Å². The number of Topliss-reactive ketones (excluding diaryl/α,β-unsaturated/α-hetero) is 1. The minimum absolute atomic E-state index is 0.00342. The van der Waals surface area contributed by atoms with Gasteiger partial charge in [-0.05, 0) is 66.5 Å². The van der Waals surface area contributed by atoms with Crippen LogP contribution in [0.15, 0.2) is 54.6 Å². The van der Waals surface area contributed by atoms with Gasteiger partial charge in [-0.15, -0.1) is 0 Å². The van der Waals surface area contributed by atoms with E-state index in [4.69, 9.17) is 4.74 Å². The van der Waals surface area contributed by atoms with E-state index < -0.39 is 15.8 Å². The summed E-state index contributed by atoms with van der Waals surface area (Å²) in [7, 11) is 0. The number of hydrogen-bond donors (Lipinski definition) is 3. The zero-order valence-corrected chi connectivity index (χ0v) is 26.2. The predicted molar refractivity (Wildman–Crippen MR) is 173 cm³/mol. The van der Waals surface area contributed by atoms with Crippen LogP contribution in [0.5, 0.6) is 11.5 Å². The maximum atomic E-state index is 13.6. The fraction of sp³-hybridized carbons (Fsp3) is 0.441. The van der Waals surface area contributed by atoms with E-state index in [1.54, 1.807) is 11.0 Å². The highest BCUT2D eigenvalue weighted by atomic mass is 16.6. The van der Waals surface area contributed by atoms with Crippen molar-refractivity contribution >= 4 is 28.5 Å². The van der Waals surface area contributed by atoms with Gasteiger partial charge in [0.1, 0.15) is 18.1 Å². The second-order valence-electron chi connectivity index (χ2n) is 12.8. The Labute approximate surface area is 267 Å². The largest absolute Gasteiger partial charge is 0.508 e. The Balaban J connectivity index is 1.44. The molecule has 0 aromatic heterocycles. The molecule has 4 atom stereocenters. The van der Waals surface area contributed by atoms with Gasteiger partial charge in [-0.25, -0.2) is 0 Å². The number of carbonyl (C=O) groups is 1. The van der Waals surface area contributed by atoms with E-state index in [2.05, 4.69) is 26.1 Å². The summed E-state index contributed by atoms with van der Waals surface area (Å²) in [5.74, 6) is 0.594. The number of phenols is 2. The Bertz CT molecular complexity index is 1560. The van der Waals surface area contributed by atoms with Crippen molar-refractivity contribution in [3.05, 3.63) is 91.5 Å². The molecule has 1 aliphatic heterocycles. The van der Waals surface area contributed by atoms with E-state index >= 15 is 0 Å². The van der Waals surface area contributed by atoms with E-state index in [0.717, 1.165) is 30.5 Å². The zero-order chi connectivity index (χ0) is 33.1. The first-order chi connectivity index (χ1) is 21.9. The highest BCUT2D eigenvalue weighted by Gasteiger charge is 2.34. The molecule has 46 heavy (non-hydrogen) atoms. The number of nitrogens with one attached hydrogen (secondary N) is 1. The Morgan fingerprint density at radius 1 is 0.957 bits per heavy atom. The standard InChI is InChI=1S/C34H40N4O8/c1-20(2)27-8-4-21(3)12-34(27)46-19-33(41)29-16-35-30-9-5-24(15-28(29)30)36(17-22-13-25(37(42)43)6-10-31(22)39)18-23-14-26(38(44)45)7-11-32(23)40/h5-7,9-11,13-15,20-21,27,29,34-35,39-40H,4,8,12,16-19H2,1-3H3. The van der Waals surface area contributed by atoms with Gasteiger partial charge in [0.15, 0.2) is 5.78 Å². The minimum Gasteiger partial charge on any atom is -0.508 e. The number of nitro groups is 2. The van der Waals surface area contributed by atoms with Crippen molar-refractivity contribution in [3.8, 4) is 11.5 Å². The number of aromatic hydroxyl groups is 2. The fourth-order valence-corrected chi connectivity index (χ4v) is 6.68. The summed E-state index contributed by atoms with van der Waals surface area (Å²) in [6.07, 6.45) is 3.22. The van der Waals surface area contributed by atoms with Gasteiger partial charge in [-0.2, -0.15) is 0 Å². The van der Waals surface area contributed by atoms with E-state index in [9.17, 15) is 35.2 Å². The maximum absolute atomic E-state index is 13.6. The van der Waals surface area contributed by atoms with Crippen LogP contribution >= 0.6 is 0 Å². The second-order valence-corrected chi connectivity index (χ2v) is 12.8. The third-order valence-corrected chi connectivity index (χ3v) is 9.33. The van der Waals surface area contributed by atoms with Crippen LogP contribution < -0.4 is 10.2 Å². The summed E-state index contributed by atoms with van der Waals surface area (Å²) in [5.41, 5.74) is 2.24. The first-order valence-electron chi connectivity index (χ1n) is 15.6. The molecule has 244 valence electrons. The number of nitro benzene ring substituents is 2. The molecule has 3 aromatic carbocycles. The third-order valence-electron chi connectivity index (χ3n) is 9.33. The molecule has 3 N–H and O–H groups in total. The number of anilines is 2. The lowest BCUT2D eigenvalue weighted by molar-refractivity contribution is -0.385. The molecule has 0 saturated heterocycles. The Morgan fingerprint density at radius 3 is 2.13 bits per heavy atom. The number of ketones is 1. The monoisotopic (exact) mass is 632 g/mol. The van der Waals surface area contributed by atoms with Crippen molar-refractivity contribution in [2.75, 3.05) is 23.4 Å². The van der Waals surface area contributed by atoms with Crippen molar-refractivity contribution in [1.29, 1.82) is 0 Å². The molecule has 12 heteroatoms. The summed E-state index contributed by atoms with van der Waals surface area (Å²) >= 11 is 0. The van der Waals surface area contributed by atoms with E-state index in [0.29, 0.717) is 30.0 Å². The lowest BCUT2D eigenvalue weighted by Gasteiger charge is -2.37. The first-order valence-corrected chi connectivity index (χ1v) is 15.6. The lowest BCUT2D eigenvalue weighted by Crippen LogP contribution is -2.36. The van der Waals surface area contributed by atoms with Crippen molar-refractivity contribution in [2.45, 2.75) is 65.1 Å². The smallest absolute Gasteiger partial charge is 0.270 e. The van der Waals surface area contributed by atoms with Gasteiger partial charge in [0, 0.05) is 66.4 Å². The molecule has 4 unspecified atom stereocenters. The second kappa shape index (κ2) is 13.7. The number of ether oxygens (including phenoxy) is 1. The summed E-state index contributed by atoms with van der Waals surface area (Å²) in [5, 5.41) is 47.4. The number of fused-ring (bicyclic) bond motifs is 1. The van der Waals surface area contributed by atoms with Crippen LogP contribution in [-0.2, 0) is 22.6 Å². The first kappa shape index (κ1) is 32.7. The molecule has 0 bridgehead atoms. The molecular formula is C34H40N4O8.